The Morgan fingerprint density at radius 1 is 1.45 bits per heavy atom. The number of aliphatic carboxylic acids is 1. The van der Waals surface area contributed by atoms with Gasteiger partial charge in [-0.1, -0.05) is 0 Å². The highest BCUT2D eigenvalue weighted by Crippen LogP contribution is 2.34. The molecule has 6 nitrogen and oxygen atoms in total. The molecule has 1 fully saturated rings. The number of carboxylic acids is 1. The first-order chi connectivity index (χ1) is 9.46. The van der Waals surface area contributed by atoms with Crippen LogP contribution in [0.25, 0.3) is 0 Å². The standard InChI is InChI=1S/C14H17NO5/c1-14(8-7-12(16)17)9-20-13(18)15(14)10-3-5-11(19-2)6-4-10/h3-6H,7-9H2,1-2H3,(H,16,17). The molecular formula is C14H17NO5. The van der Waals surface area contributed by atoms with Crippen LogP contribution < -0.4 is 9.64 Å². The van der Waals surface area contributed by atoms with Gasteiger partial charge in [-0.05, 0) is 37.6 Å². The molecule has 2 rings (SSSR count). The number of carbonyl (C=O) groups excluding carboxylic acids is 1. The Labute approximate surface area is 116 Å². The third-order valence-corrected chi connectivity index (χ3v) is 3.44. The van der Waals surface area contributed by atoms with E-state index in [1.807, 2.05) is 6.92 Å². The van der Waals surface area contributed by atoms with Crippen LogP contribution in [0, 0.1) is 0 Å². The number of anilines is 1. The van der Waals surface area contributed by atoms with Crippen LogP contribution in [0.1, 0.15) is 19.8 Å². The molecule has 0 radical (unpaired) electrons. The molecule has 108 valence electrons. The molecule has 1 heterocycles. The number of benzene rings is 1. The molecule has 1 aliphatic heterocycles. The minimum absolute atomic E-state index is 0.0141. The SMILES string of the molecule is COc1ccc(N2C(=O)OCC2(C)CCC(=O)O)cc1. The molecule has 6 heteroatoms. The molecule has 1 amide bonds. The number of ether oxygens (including phenoxy) is 2. The van der Waals surface area contributed by atoms with E-state index in [1.54, 1.807) is 31.4 Å². The van der Waals surface area contributed by atoms with Crippen LogP contribution in [0.2, 0.25) is 0 Å². The number of hydrogen-bond acceptors (Lipinski definition) is 4. The van der Waals surface area contributed by atoms with Gasteiger partial charge in [-0.25, -0.2) is 4.79 Å². The molecule has 1 unspecified atom stereocenters. The first-order valence-corrected chi connectivity index (χ1v) is 6.29. The number of cyclic esters (lactones) is 1. The molecule has 0 saturated carbocycles. The number of rotatable bonds is 5. The summed E-state index contributed by atoms with van der Waals surface area (Å²) in [6.45, 7) is 2.01. The zero-order chi connectivity index (χ0) is 14.8. The van der Waals surface area contributed by atoms with Crippen LogP contribution in [0.3, 0.4) is 0 Å². The first-order valence-electron chi connectivity index (χ1n) is 6.29. The van der Waals surface area contributed by atoms with Gasteiger partial charge in [0.15, 0.2) is 0 Å². The van der Waals surface area contributed by atoms with Crippen molar-refractivity contribution in [3.63, 3.8) is 0 Å². The van der Waals surface area contributed by atoms with Crippen molar-refractivity contribution in [2.45, 2.75) is 25.3 Å². The van der Waals surface area contributed by atoms with Crippen molar-refractivity contribution in [2.24, 2.45) is 0 Å². The third kappa shape index (κ3) is 2.68. The lowest BCUT2D eigenvalue weighted by atomic mass is 9.95. The van der Waals surface area contributed by atoms with Crippen molar-refractivity contribution >= 4 is 17.7 Å². The Morgan fingerprint density at radius 3 is 2.65 bits per heavy atom. The molecule has 0 aliphatic carbocycles. The van der Waals surface area contributed by atoms with Gasteiger partial charge >= 0.3 is 12.1 Å². The van der Waals surface area contributed by atoms with E-state index >= 15 is 0 Å². The number of carboxylic acid groups (broad SMARTS) is 1. The maximum atomic E-state index is 11.9. The summed E-state index contributed by atoms with van der Waals surface area (Å²) in [6.07, 6.45) is -0.136. The fraction of sp³-hybridized carbons (Fsp3) is 0.429. The fourth-order valence-corrected chi connectivity index (χ4v) is 2.28. The minimum Gasteiger partial charge on any atom is -0.497 e. The molecule has 1 aromatic carbocycles. The Morgan fingerprint density at radius 2 is 2.10 bits per heavy atom. The number of nitrogens with zero attached hydrogens (tertiary/aromatic N) is 1. The summed E-state index contributed by atoms with van der Waals surface area (Å²) >= 11 is 0. The van der Waals surface area contributed by atoms with Gasteiger partial charge in [0.1, 0.15) is 12.4 Å². The minimum atomic E-state index is -0.889. The summed E-state index contributed by atoms with van der Waals surface area (Å²) in [4.78, 5) is 24.2. The molecule has 1 atom stereocenters. The maximum absolute atomic E-state index is 11.9. The van der Waals surface area contributed by atoms with E-state index in [0.717, 1.165) is 0 Å². The largest absolute Gasteiger partial charge is 0.497 e. The first kappa shape index (κ1) is 14.2. The van der Waals surface area contributed by atoms with Crippen molar-refractivity contribution in [2.75, 3.05) is 18.6 Å². The Balaban J connectivity index is 2.24. The number of methoxy groups -OCH3 is 1. The quantitative estimate of drug-likeness (QED) is 0.894. The number of amides is 1. The summed E-state index contributed by atoms with van der Waals surface area (Å²) in [6, 6.07) is 7.01. The van der Waals surface area contributed by atoms with Gasteiger partial charge in [-0.2, -0.15) is 0 Å². The van der Waals surface area contributed by atoms with Crippen LogP contribution in [0.15, 0.2) is 24.3 Å². The summed E-state index contributed by atoms with van der Waals surface area (Å²) in [5, 5.41) is 8.82. The van der Waals surface area contributed by atoms with Gasteiger partial charge in [-0.15, -0.1) is 0 Å². The molecule has 1 N–H and O–H groups in total. The second-order valence-electron chi connectivity index (χ2n) is 4.98. The predicted molar refractivity (Wildman–Crippen MR) is 72.1 cm³/mol. The van der Waals surface area contributed by atoms with Gasteiger partial charge < -0.3 is 14.6 Å². The van der Waals surface area contributed by atoms with Crippen molar-refractivity contribution in [3.05, 3.63) is 24.3 Å². The Kier molecular flexibility index (Phi) is 3.83. The van der Waals surface area contributed by atoms with E-state index in [0.29, 0.717) is 17.9 Å². The monoisotopic (exact) mass is 279 g/mol. The molecule has 0 aromatic heterocycles. The average Bonchev–Trinajstić information content (AvgIpc) is 2.73. The average molecular weight is 279 g/mol. The van der Waals surface area contributed by atoms with Crippen LogP contribution in [-0.2, 0) is 9.53 Å². The van der Waals surface area contributed by atoms with Gasteiger partial charge in [0.2, 0.25) is 0 Å². The summed E-state index contributed by atoms with van der Waals surface area (Å²) in [7, 11) is 1.57. The van der Waals surface area contributed by atoms with E-state index in [9.17, 15) is 9.59 Å². The second-order valence-corrected chi connectivity index (χ2v) is 4.98. The fourth-order valence-electron chi connectivity index (χ4n) is 2.28. The van der Waals surface area contributed by atoms with Crippen molar-refractivity contribution < 1.29 is 24.2 Å². The van der Waals surface area contributed by atoms with Crippen LogP contribution >= 0.6 is 0 Å². The van der Waals surface area contributed by atoms with Crippen molar-refractivity contribution in [3.8, 4) is 5.75 Å². The summed E-state index contributed by atoms with van der Waals surface area (Å²) in [5.41, 5.74) is 0.0190. The molecular weight excluding hydrogens is 262 g/mol. The lowest BCUT2D eigenvalue weighted by molar-refractivity contribution is -0.137. The second kappa shape index (κ2) is 5.40. The lowest BCUT2D eigenvalue weighted by Crippen LogP contribution is -2.45. The summed E-state index contributed by atoms with van der Waals surface area (Å²) in [5.74, 6) is -0.200. The maximum Gasteiger partial charge on any atom is 0.415 e. The van der Waals surface area contributed by atoms with Gasteiger partial charge in [-0.3, -0.25) is 9.69 Å². The number of carbonyl (C=O) groups is 2. The van der Waals surface area contributed by atoms with E-state index in [2.05, 4.69) is 0 Å². The lowest BCUT2D eigenvalue weighted by Gasteiger charge is -2.31. The highest BCUT2D eigenvalue weighted by atomic mass is 16.6. The van der Waals surface area contributed by atoms with E-state index in [4.69, 9.17) is 14.6 Å². The van der Waals surface area contributed by atoms with Crippen molar-refractivity contribution in [1.82, 2.24) is 0 Å². The zero-order valence-corrected chi connectivity index (χ0v) is 11.5. The Hall–Kier alpha value is -2.24. The van der Waals surface area contributed by atoms with E-state index < -0.39 is 17.6 Å². The molecule has 0 spiro atoms. The van der Waals surface area contributed by atoms with E-state index in [1.165, 1.54) is 4.90 Å². The topological polar surface area (TPSA) is 76.1 Å². The molecule has 1 aliphatic rings. The van der Waals surface area contributed by atoms with Crippen LogP contribution in [0.4, 0.5) is 10.5 Å². The predicted octanol–water partition coefficient (Wildman–Crippen LogP) is 2.28. The van der Waals surface area contributed by atoms with E-state index in [-0.39, 0.29) is 13.0 Å². The van der Waals surface area contributed by atoms with Crippen LogP contribution in [0.5, 0.6) is 5.75 Å². The molecule has 0 bridgehead atoms. The molecule has 1 saturated heterocycles. The normalized spacial score (nSPS) is 21.7. The smallest absolute Gasteiger partial charge is 0.415 e. The van der Waals surface area contributed by atoms with Gasteiger partial charge in [0.05, 0.1) is 12.6 Å². The van der Waals surface area contributed by atoms with Gasteiger partial charge in [0.25, 0.3) is 0 Å². The summed E-state index contributed by atoms with van der Waals surface area (Å²) < 4.78 is 10.2. The highest BCUT2D eigenvalue weighted by molar-refractivity contribution is 5.91. The zero-order valence-electron chi connectivity index (χ0n) is 11.5. The van der Waals surface area contributed by atoms with Crippen LogP contribution in [-0.4, -0.2) is 36.4 Å². The highest BCUT2D eigenvalue weighted by Gasteiger charge is 2.44. The third-order valence-electron chi connectivity index (χ3n) is 3.44. The van der Waals surface area contributed by atoms with Gasteiger partial charge in [0, 0.05) is 12.1 Å². The molecule has 20 heavy (non-hydrogen) atoms. The van der Waals surface area contributed by atoms with Crippen molar-refractivity contribution in [1.29, 1.82) is 0 Å². The number of hydrogen-bond donors (Lipinski definition) is 1. The Bertz CT molecular complexity index is 513. The molecule has 1 aromatic rings.